The standard InChI is InChI=1S/C20H24N4O4/c1-15-13-23(9-10-28-15)14-17-4-2-3-16(11-17)12-21-20(25)22-18-5-7-19(8-6-18)24(26)27/h2-8,11,15H,9-10,12-14H2,1H3,(H2,21,22,25). The van der Waals surface area contributed by atoms with E-state index in [0.29, 0.717) is 12.2 Å². The van der Waals surface area contributed by atoms with Crippen molar-refractivity contribution >= 4 is 17.4 Å². The highest BCUT2D eigenvalue weighted by atomic mass is 16.6. The summed E-state index contributed by atoms with van der Waals surface area (Å²) >= 11 is 0. The Labute approximate surface area is 163 Å². The molecule has 2 aromatic carbocycles. The zero-order valence-electron chi connectivity index (χ0n) is 15.8. The van der Waals surface area contributed by atoms with E-state index >= 15 is 0 Å². The van der Waals surface area contributed by atoms with Gasteiger partial charge in [0, 0.05) is 44.0 Å². The SMILES string of the molecule is CC1CN(Cc2cccc(CNC(=O)Nc3ccc([N+](=O)[O-])cc3)c2)CCO1. The van der Waals surface area contributed by atoms with Gasteiger partial charge in [-0.05, 0) is 30.2 Å². The van der Waals surface area contributed by atoms with E-state index < -0.39 is 4.92 Å². The minimum atomic E-state index is -0.478. The van der Waals surface area contributed by atoms with E-state index in [1.165, 1.54) is 29.8 Å². The van der Waals surface area contributed by atoms with Crippen LogP contribution in [0.5, 0.6) is 0 Å². The Hall–Kier alpha value is -2.97. The molecule has 1 saturated heterocycles. The monoisotopic (exact) mass is 384 g/mol. The molecule has 0 radical (unpaired) electrons. The number of nitrogens with one attached hydrogen (secondary N) is 2. The Morgan fingerprint density at radius 3 is 2.71 bits per heavy atom. The Morgan fingerprint density at radius 1 is 1.25 bits per heavy atom. The van der Waals surface area contributed by atoms with Crippen LogP contribution in [0.3, 0.4) is 0 Å². The van der Waals surface area contributed by atoms with Gasteiger partial charge in [-0.15, -0.1) is 0 Å². The third kappa shape index (κ3) is 5.77. The van der Waals surface area contributed by atoms with Crippen molar-refractivity contribution in [2.45, 2.75) is 26.1 Å². The van der Waals surface area contributed by atoms with Crippen molar-refractivity contribution in [3.63, 3.8) is 0 Å². The molecule has 1 heterocycles. The van der Waals surface area contributed by atoms with Gasteiger partial charge in [-0.25, -0.2) is 4.79 Å². The van der Waals surface area contributed by atoms with E-state index in [2.05, 4.69) is 34.6 Å². The van der Waals surface area contributed by atoms with Gasteiger partial charge in [-0.3, -0.25) is 15.0 Å². The molecule has 148 valence electrons. The number of benzene rings is 2. The molecule has 8 nitrogen and oxygen atoms in total. The van der Waals surface area contributed by atoms with Gasteiger partial charge in [0.15, 0.2) is 0 Å². The van der Waals surface area contributed by atoms with Gasteiger partial charge in [0.1, 0.15) is 0 Å². The molecule has 1 aliphatic rings. The van der Waals surface area contributed by atoms with Crippen LogP contribution in [0.2, 0.25) is 0 Å². The van der Waals surface area contributed by atoms with Crippen molar-refractivity contribution in [3.05, 3.63) is 69.8 Å². The molecule has 0 saturated carbocycles. The molecular formula is C20H24N4O4. The van der Waals surface area contributed by atoms with Crippen molar-refractivity contribution < 1.29 is 14.5 Å². The maximum Gasteiger partial charge on any atom is 0.319 e. The number of morpholine rings is 1. The first-order valence-electron chi connectivity index (χ1n) is 9.20. The summed E-state index contributed by atoms with van der Waals surface area (Å²) in [5.41, 5.74) is 2.69. The van der Waals surface area contributed by atoms with Crippen LogP contribution < -0.4 is 10.6 Å². The quantitative estimate of drug-likeness (QED) is 0.589. The van der Waals surface area contributed by atoms with Crippen molar-refractivity contribution in [1.29, 1.82) is 0 Å². The van der Waals surface area contributed by atoms with E-state index in [0.717, 1.165) is 31.8 Å². The maximum absolute atomic E-state index is 12.1. The molecule has 28 heavy (non-hydrogen) atoms. The van der Waals surface area contributed by atoms with Gasteiger partial charge in [0.05, 0.1) is 17.6 Å². The summed E-state index contributed by atoms with van der Waals surface area (Å²) in [6.45, 7) is 5.93. The molecule has 2 aromatic rings. The highest BCUT2D eigenvalue weighted by Crippen LogP contribution is 2.15. The highest BCUT2D eigenvalue weighted by molar-refractivity contribution is 5.89. The number of nitro groups is 1. The van der Waals surface area contributed by atoms with Crippen LogP contribution in [0.25, 0.3) is 0 Å². The minimum absolute atomic E-state index is 0.0163. The summed E-state index contributed by atoms with van der Waals surface area (Å²) in [4.78, 5) is 24.6. The van der Waals surface area contributed by atoms with E-state index in [4.69, 9.17) is 4.74 Å². The number of hydrogen-bond acceptors (Lipinski definition) is 5. The topological polar surface area (TPSA) is 96.7 Å². The zero-order chi connectivity index (χ0) is 19.9. The summed E-state index contributed by atoms with van der Waals surface area (Å²) < 4.78 is 5.57. The third-order valence-electron chi connectivity index (χ3n) is 4.51. The van der Waals surface area contributed by atoms with Gasteiger partial charge < -0.3 is 15.4 Å². The van der Waals surface area contributed by atoms with Crippen molar-refractivity contribution in [2.24, 2.45) is 0 Å². The molecule has 1 unspecified atom stereocenters. The number of nitrogens with zero attached hydrogens (tertiary/aromatic N) is 2. The number of rotatable bonds is 6. The first kappa shape index (κ1) is 19.8. The number of ether oxygens (including phenoxy) is 1. The van der Waals surface area contributed by atoms with Crippen LogP contribution in [-0.2, 0) is 17.8 Å². The minimum Gasteiger partial charge on any atom is -0.376 e. The molecule has 0 aromatic heterocycles. The molecule has 1 atom stereocenters. The Morgan fingerprint density at radius 2 is 2.00 bits per heavy atom. The molecule has 0 spiro atoms. The van der Waals surface area contributed by atoms with E-state index in [1.807, 2.05) is 12.1 Å². The van der Waals surface area contributed by atoms with Crippen LogP contribution in [0.1, 0.15) is 18.1 Å². The average Bonchev–Trinajstić information content (AvgIpc) is 2.67. The molecule has 2 N–H and O–H groups in total. The maximum atomic E-state index is 12.1. The first-order chi connectivity index (χ1) is 13.5. The fourth-order valence-corrected chi connectivity index (χ4v) is 3.15. The van der Waals surface area contributed by atoms with Crippen LogP contribution >= 0.6 is 0 Å². The fraction of sp³-hybridized carbons (Fsp3) is 0.350. The number of urea groups is 1. The molecule has 3 rings (SSSR count). The van der Waals surface area contributed by atoms with Crippen molar-refractivity contribution in [1.82, 2.24) is 10.2 Å². The van der Waals surface area contributed by atoms with E-state index in [-0.39, 0.29) is 17.8 Å². The smallest absolute Gasteiger partial charge is 0.319 e. The Balaban J connectivity index is 1.49. The van der Waals surface area contributed by atoms with Gasteiger partial charge >= 0.3 is 6.03 Å². The third-order valence-corrected chi connectivity index (χ3v) is 4.51. The number of carbonyl (C=O) groups is 1. The molecule has 1 fully saturated rings. The van der Waals surface area contributed by atoms with Gasteiger partial charge in [0.25, 0.3) is 5.69 Å². The summed E-state index contributed by atoms with van der Waals surface area (Å²) in [6.07, 6.45) is 0.252. The summed E-state index contributed by atoms with van der Waals surface area (Å²) in [7, 11) is 0. The second-order valence-electron chi connectivity index (χ2n) is 6.85. The summed E-state index contributed by atoms with van der Waals surface area (Å²) in [6, 6.07) is 13.5. The number of nitro benzene ring substituents is 1. The molecule has 0 bridgehead atoms. The van der Waals surface area contributed by atoms with Crippen LogP contribution in [0.4, 0.5) is 16.2 Å². The van der Waals surface area contributed by atoms with Crippen molar-refractivity contribution in [2.75, 3.05) is 25.0 Å². The van der Waals surface area contributed by atoms with E-state index in [9.17, 15) is 14.9 Å². The van der Waals surface area contributed by atoms with Crippen LogP contribution in [-0.4, -0.2) is 41.7 Å². The molecule has 1 aliphatic heterocycles. The van der Waals surface area contributed by atoms with Gasteiger partial charge in [-0.2, -0.15) is 0 Å². The van der Waals surface area contributed by atoms with Crippen LogP contribution in [0.15, 0.2) is 48.5 Å². The predicted molar refractivity (Wildman–Crippen MR) is 106 cm³/mol. The summed E-state index contributed by atoms with van der Waals surface area (Å²) in [5, 5.41) is 16.1. The lowest BCUT2D eigenvalue weighted by atomic mass is 10.1. The lowest BCUT2D eigenvalue weighted by Crippen LogP contribution is -2.40. The van der Waals surface area contributed by atoms with E-state index in [1.54, 1.807) is 0 Å². The van der Waals surface area contributed by atoms with Crippen molar-refractivity contribution in [3.8, 4) is 0 Å². The Bertz CT molecular complexity index is 825. The number of anilines is 1. The zero-order valence-corrected chi connectivity index (χ0v) is 15.8. The predicted octanol–water partition coefficient (Wildman–Crippen LogP) is 3.14. The average molecular weight is 384 g/mol. The number of hydrogen-bond donors (Lipinski definition) is 2. The largest absolute Gasteiger partial charge is 0.376 e. The molecular weight excluding hydrogens is 360 g/mol. The first-order valence-corrected chi connectivity index (χ1v) is 9.20. The lowest BCUT2D eigenvalue weighted by Gasteiger charge is -2.31. The fourth-order valence-electron chi connectivity index (χ4n) is 3.15. The number of amides is 2. The second kappa shape index (κ2) is 9.29. The second-order valence-corrected chi connectivity index (χ2v) is 6.85. The molecule has 0 aliphatic carbocycles. The Kier molecular flexibility index (Phi) is 6.57. The molecule has 8 heteroatoms. The van der Waals surface area contributed by atoms with Gasteiger partial charge in [-0.1, -0.05) is 24.3 Å². The normalized spacial score (nSPS) is 17.1. The number of non-ortho nitro benzene ring substituents is 1. The number of carbonyl (C=O) groups excluding carboxylic acids is 1. The molecule has 2 amide bonds. The van der Waals surface area contributed by atoms with Gasteiger partial charge in [0.2, 0.25) is 0 Å². The lowest BCUT2D eigenvalue weighted by molar-refractivity contribution is -0.384. The van der Waals surface area contributed by atoms with Crippen LogP contribution in [0, 0.1) is 10.1 Å². The summed E-state index contributed by atoms with van der Waals surface area (Å²) in [5.74, 6) is 0. The highest BCUT2D eigenvalue weighted by Gasteiger charge is 2.16.